The Kier molecular flexibility index (Phi) is 3.88. The molecule has 2 aromatic rings. The molecule has 0 aliphatic rings. The molecule has 19 heavy (non-hydrogen) atoms. The van der Waals surface area contributed by atoms with Crippen molar-refractivity contribution < 1.29 is 18.3 Å². The Morgan fingerprint density at radius 3 is 2.68 bits per heavy atom. The van der Waals surface area contributed by atoms with Gasteiger partial charge in [0, 0.05) is 16.0 Å². The number of carbonyl (C=O) groups is 1. The number of thiophene rings is 1. The maximum atomic E-state index is 12.0. The molecule has 2 N–H and O–H groups in total. The van der Waals surface area contributed by atoms with E-state index in [1.54, 1.807) is 6.07 Å². The smallest absolute Gasteiger partial charge is 0.345 e. The quantitative estimate of drug-likeness (QED) is 0.870. The van der Waals surface area contributed by atoms with E-state index < -0.39 is 16.0 Å². The molecule has 0 amide bonds. The molecular formula is C10H7BrN2O4S2. The highest BCUT2D eigenvalue weighted by molar-refractivity contribution is 9.10. The third-order valence-corrected chi connectivity index (χ3v) is 4.93. The van der Waals surface area contributed by atoms with Crippen molar-refractivity contribution in [3.63, 3.8) is 0 Å². The standard InChI is InChI=1S/C10H7BrN2O4S2/c11-6-1-2-9(12-4-6)13-19(16,17)7-3-8(10(14)15)18-5-7/h1-5H,(H,12,13)(H,14,15). The van der Waals surface area contributed by atoms with Crippen molar-refractivity contribution in [2.75, 3.05) is 4.72 Å². The van der Waals surface area contributed by atoms with Crippen LogP contribution in [0.25, 0.3) is 0 Å². The lowest BCUT2D eigenvalue weighted by Gasteiger charge is -2.05. The molecular weight excluding hydrogens is 356 g/mol. The SMILES string of the molecule is O=C(O)c1cc(S(=O)(=O)Nc2ccc(Br)cn2)cs1. The van der Waals surface area contributed by atoms with Crippen molar-refractivity contribution in [2.45, 2.75) is 4.90 Å². The fraction of sp³-hybridized carbons (Fsp3) is 0. The zero-order chi connectivity index (χ0) is 14.0. The predicted octanol–water partition coefficient (Wildman–Crippen LogP) is 2.40. The minimum atomic E-state index is -3.82. The maximum absolute atomic E-state index is 12.0. The highest BCUT2D eigenvalue weighted by atomic mass is 79.9. The van der Waals surface area contributed by atoms with Crippen LogP contribution in [-0.2, 0) is 10.0 Å². The highest BCUT2D eigenvalue weighted by Crippen LogP contribution is 2.21. The van der Waals surface area contributed by atoms with Gasteiger partial charge in [0.2, 0.25) is 0 Å². The fourth-order valence-corrected chi connectivity index (χ4v) is 3.56. The Balaban J connectivity index is 2.26. The molecule has 2 rings (SSSR count). The molecule has 2 heterocycles. The van der Waals surface area contributed by atoms with Crippen molar-refractivity contribution >= 4 is 49.1 Å². The van der Waals surface area contributed by atoms with Crippen molar-refractivity contribution in [1.29, 1.82) is 0 Å². The molecule has 100 valence electrons. The summed E-state index contributed by atoms with van der Waals surface area (Å²) in [7, 11) is -3.82. The summed E-state index contributed by atoms with van der Waals surface area (Å²) < 4.78 is 26.9. The third kappa shape index (κ3) is 3.31. The zero-order valence-corrected chi connectivity index (χ0v) is 12.4. The van der Waals surface area contributed by atoms with E-state index in [9.17, 15) is 13.2 Å². The molecule has 0 aliphatic heterocycles. The Hall–Kier alpha value is -1.45. The van der Waals surface area contributed by atoms with Gasteiger partial charge < -0.3 is 5.11 Å². The summed E-state index contributed by atoms with van der Waals surface area (Å²) in [6.07, 6.45) is 1.45. The van der Waals surface area contributed by atoms with Crippen molar-refractivity contribution in [3.05, 3.63) is 39.1 Å². The molecule has 0 unspecified atom stereocenters. The highest BCUT2D eigenvalue weighted by Gasteiger charge is 2.19. The second kappa shape index (κ2) is 5.27. The van der Waals surface area contributed by atoms with E-state index >= 15 is 0 Å². The molecule has 6 nitrogen and oxygen atoms in total. The Morgan fingerprint density at radius 2 is 2.16 bits per heavy atom. The molecule has 2 aromatic heterocycles. The van der Waals surface area contributed by atoms with E-state index in [1.165, 1.54) is 17.6 Å². The number of anilines is 1. The van der Waals surface area contributed by atoms with Gasteiger partial charge in [-0.1, -0.05) is 0 Å². The van der Waals surface area contributed by atoms with Crippen LogP contribution < -0.4 is 4.72 Å². The lowest BCUT2D eigenvalue weighted by molar-refractivity contribution is 0.0702. The maximum Gasteiger partial charge on any atom is 0.345 e. The van der Waals surface area contributed by atoms with Crippen molar-refractivity contribution in [3.8, 4) is 0 Å². The first-order chi connectivity index (χ1) is 8.88. The molecule has 0 bridgehead atoms. The number of nitrogens with one attached hydrogen (secondary N) is 1. The first-order valence-corrected chi connectivity index (χ1v) is 8.00. The first-order valence-electron chi connectivity index (χ1n) is 4.85. The Labute approximate surface area is 121 Å². The summed E-state index contributed by atoms with van der Waals surface area (Å²) >= 11 is 4.04. The van der Waals surface area contributed by atoms with Crippen LogP contribution in [-0.4, -0.2) is 24.5 Å². The number of aromatic carboxylic acids is 1. The van der Waals surface area contributed by atoms with Gasteiger partial charge in [-0.3, -0.25) is 4.72 Å². The Bertz CT molecular complexity index is 709. The number of sulfonamides is 1. The van der Waals surface area contributed by atoms with Crippen LogP contribution in [0.4, 0.5) is 5.82 Å². The van der Waals surface area contributed by atoms with Crippen LogP contribution in [0.1, 0.15) is 9.67 Å². The number of aromatic nitrogens is 1. The molecule has 0 aromatic carbocycles. The average Bonchev–Trinajstić information content (AvgIpc) is 2.82. The number of carboxylic acids is 1. The monoisotopic (exact) mass is 362 g/mol. The summed E-state index contributed by atoms with van der Waals surface area (Å²) in [4.78, 5) is 14.5. The number of hydrogen-bond donors (Lipinski definition) is 2. The lowest BCUT2D eigenvalue weighted by atomic mass is 10.5. The van der Waals surface area contributed by atoms with E-state index in [0.717, 1.165) is 21.9 Å². The number of nitrogens with zero attached hydrogens (tertiary/aromatic N) is 1. The van der Waals surface area contributed by atoms with Gasteiger partial charge in [0.1, 0.15) is 10.7 Å². The normalized spacial score (nSPS) is 11.2. The molecule has 0 saturated heterocycles. The van der Waals surface area contributed by atoms with Crippen LogP contribution in [0, 0.1) is 0 Å². The van der Waals surface area contributed by atoms with Crippen LogP contribution in [0.5, 0.6) is 0 Å². The molecule has 0 saturated carbocycles. The molecule has 0 atom stereocenters. The summed E-state index contributed by atoms with van der Waals surface area (Å²) in [5.74, 6) is -1.00. The summed E-state index contributed by atoms with van der Waals surface area (Å²) in [5.41, 5.74) is 0. The van der Waals surface area contributed by atoms with Crippen molar-refractivity contribution in [1.82, 2.24) is 4.98 Å². The van der Waals surface area contributed by atoms with Crippen LogP contribution in [0.3, 0.4) is 0 Å². The predicted molar refractivity (Wildman–Crippen MR) is 74.0 cm³/mol. The summed E-state index contributed by atoms with van der Waals surface area (Å²) in [6.45, 7) is 0. The fourth-order valence-electron chi connectivity index (χ4n) is 1.20. The largest absolute Gasteiger partial charge is 0.477 e. The van der Waals surface area contributed by atoms with E-state index in [1.807, 2.05) is 0 Å². The van der Waals surface area contributed by atoms with E-state index in [4.69, 9.17) is 5.11 Å². The van der Waals surface area contributed by atoms with Crippen LogP contribution >= 0.6 is 27.3 Å². The first kappa shape index (κ1) is 14.0. The Morgan fingerprint density at radius 1 is 1.42 bits per heavy atom. The van der Waals surface area contributed by atoms with Crippen LogP contribution in [0.15, 0.2) is 39.1 Å². The minimum absolute atomic E-state index is 0.0378. The molecule has 0 aliphatic carbocycles. The van der Waals surface area contributed by atoms with Crippen molar-refractivity contribution in [2.24, 2.45) is 0 Å². The van der Waals surface area contributed by atoms with Gasteiger partial charge in [-0.25, -0.2) is 18.2 Å². The average molecular weight is 363 g/mol. The minimum Gasteiger partial charge on any atom is -0.477 e. The van der Waals surface area contributed by atoms with Gasteiger partial charge in [-0.05, 0) is 34.1 Å². The number of pyridine rings is 1. The van der Waals surface area contributed by atoms with Gasteiger partial charge in [-0.2, -0.15) is 0 Å². The molecule has 9 heteroatoms. The molecule has 0 fully saturated rings. The van der Waals surface area contributed by atoms with Crippen LogP contribution in [0.2, 0.25) is 0 Å². The summed E-state index contributed by atoms with van der Waals surface area (Å²) in [5, 5.41) is 10.0. The van der Waals surface area contributed by atoms with Gasteiger partial charge in [-0.15, -0.1) is 11.3 Å². The van der Waals surface area contributed by atoms with E-state index in [0.29, 0.717) is 0 Å². The van der Waals surface area contributed by atoms with Gasteiger partial charge in [0.05, 0.1) is 4.90 Å². The second-order valence-electron chi connectivity index (χ2n) is 3.42. The zero-order valence-electron chi connectivity index (χ0n) is 9.20. The number of halogens is 1. The lowest BCUT2D eigenvalue weighted by Crippen LogP contribution is -2.13. The van der Waals surface area contributed by atoms with Gasteiger partial charge in [0.25, 0.3) is 10.0 Å². The van der Waals surface area contributed by atoms with Gasteiger partial charge >= 0.3 is 5.97 Å². The number of rotatable bonds is 4. The third-order valence-electron chi connectivity index (χ3n) is 2.06. The molecule has 0 spiro atoms. The summed E-state index contributed by atoms with van der Waals surface area (Å²) in [6, 6.07) is 4.24. The number of carboxylic acid groups (broad SMARTS) is 1. The van der Waals surface area contributed by atoms with E-state index in [-0.39, 0.29) is 15.6 Å². The number of hydrogen-bond acceptors (Lipinski definition) is 5. The van der Waals surface area contributed by atoms with E-state index in [2.05, 4.69) is 25.6 Å². The second-order valence-corrected chi connectivity index (χ2v) is 6.93. The topological polar surface area (TPSA) is 96.4 Å². The molecule has 0 radical (unpaired) electrons. The van der Waals surface area contributed by atoms with Gasteiger partial charge in [0.15, 0.2) is 0 Å².